The van der Waals surface area contributed by atoms with Gasteiger partial charge in [-0.25, -0.2) is 0 Å². The van der Waals surface area contributed by atoms with Crippen LogP contribution in [0.15, 0.2) is 24.3 Å². The minimum Gasteiger partial charge on any atom is -0.334 e. The number of likely N-dealkylation sites (tertiary alicyclic amines) is 1. The summed E-state index contributed by atoms with van der Waals surface area (Å²) in [5, 5.41) is 14.7. The van der Waals surface area contributed by atoms with Crippen molar-refractivity contribution < 1.29 is 9.72 Å². The molecule has 1 fully saturated rings. The van der Waals surface area contributed by atoms with Crippen LogP contribution in [0.2, 0.25) is 0 Å². The van der Waals surface area contributed by atoms with Gasteiger partial charge >= 0.3 is 0 Å². The molecular formula is C15H18ClN3O3S. The smallest absolute Gasteiger partial charge is 0.270 e. The van der Waals surface area contributed by atoms with E-state index in [2.05, 4.69) is 5.32 Å². The molecule has 1 aliphatic heterocycles. The third-order valence-electron chi connectivity index (χ3n) is 4.00. The number of benzene rings is 1. The highest BCUT2D eigenvalue weighted by Crippen LogP contribution is 2.31. The Morgan fingerprint density at radius 2 is 2.26 bits per heavy atom. The number of thiophene rings is 1. The number of nitrogens with zero attached hydrogens (tertiary/aromatic N) is 2. The van der Waals surface area contributed by atoms with Gasteiger partial charge in [0.25, 0.3) is 11.6 Å². The Labute approximate surface area is 144 Å². The normalized spacial score (nSPS) is 17.3. The summed E-state index contributed by atoms with van der Waals surface area (Å²) in [4.78, 5) is 25.7. The molecule has 6 nitrogen and oxygen atoms in total. The van der Waals surface area contributed by atoms with Crippen molar-refractivity contribution >= 4 is 45.4 Å². The molecule has 1 unspecified atom stereocenters. The van der Waals surface area contributed by atoms with Crippen LogP contribution in [0, 0.1) is 10.1 Å². The van der Waals surface area contributed by atoms with E-state index in [1.165, 1.54) is 23.5 Å². The van der Waals surface area contributed by atoms with Crippen molar-refractivity contribution in [3.05, 3.63) is 39.3 Å². The van der Waals surface area contributed by atoms with Gasteiger partial charge in [-0.2, -0.15) is 0 Å². The second-order valence-corrected chi connectivity index (χ2v) is 6.53. The molecule has 0 aliphatic carbocycles. The summed E-state index contributed by atoms with van der Waals surface area (Å²) >= 11 is 1.40. The van der Waals surface area contributed by atoms with E-state index in [0.717, 1.165) is 36.0 Å². The summed E-state index contributed by atoms with van der Waals surface area (Å²) in [6.07, 6.45) is 2.04. The largest absolute Gasteiger partial charge is 0.334 e. The van der Waals surface area contributed by atoms with Gasteiger partial charge in [0.15, 0.2) is 0 Å². The predicted octanol–water partition coefficient (Wildman–Crippen LogP) is 3.06. The Morgan fingerprint density at radius 3 is 2.96 bits per heavy atom. The molecule has 3 rings (SSSR count). The maximum Gasteiger partial charge on any atom is 0.270 e. The second-order valence-electron chi connectivity index (χ2n) is 5.44. The van der Waals surface area contributed by atoms with Gasteiger partial charge in [0, 0.05) is 41.4 Å². The fourth-order valence-electron chi connectivity index (χ4n) is 2.94. The van der Waals surface area contributed by atoms with Crippen molar-refractivity contribution in [2.75, 3.05) is 20.1 Å². The zero-order valence-electron chi connectivity index (χ0n) is 12.7. The number of carbonyl (C=O) groups is 1. The average Bonchev–Trinajstić information content (AvgIpc) is 3.12. The number of amides is 1. The van der Waals surface area contributed by atoms with E-state index < -0.39 is 4.92 Å². The van der Waals surface area contributed by atoms with Crippen LogP contribution in [0.4, 0.5) is 5.69 Å². The van der Waals surface area contributed by atoms with E-state index in [-0.39, 0.29) is 30.0 Å². The first-order valence-electron chi connectivity index (χ1n) is 7.23. The highest BCUT2D eigenvalue weighted by Gasteiger charge is 2.29. The molecule has 124 valence electrons. The van der Waals surface area contributed by atoms with E-state index >= 15 is 0 Å². The summed E-state index contributed by atoms with van der Waals surface area (Å²) in [6.45, 7) is 1.57. The lowest BCUT2D eigenvalue weighted by Crippen LogP contribution is -2.40. The van der Waals surface area contributed by atoms with Crippen LogP contribution in [-0.4, -0.2) is 41.9 Å². The van der Waals surface area contributed by atoms with Crippen molar-refractivity contribution in [3.63, 3.8) is 0 Å². The summed E-state index contributed by atoms with van der Waals surface area (Å²) in [5.41, 5.74) is 0.0542. The van der Waals surface area contributed by atoms with Crippen LogP contribution in [-0.2, 0) is 0 Å². The molecular weight excluding hydrogens is 338 g/mol. The first-order valence-corrected chi connectivity index (χ1v) is 8.05. The third kappa shape index (κ3) is 3.46. The number of nitro benzene ring substituents is 1. The second kappa shape index (κ2) is 7.25. The van der Waals surface area contributed by atoms with E-state index in [1.54, 1.807) is 12.1 Å². The van der Waals surface area contributed by atoms with Gasteiger partial charge in [-0.1, -0.05) is 0 Å². The quantitative estimate of drug-likeness (QED) is 0.675. The van der Waals surface area contributed by atoms with Gasteiger partial charge in [0.2, 0.25) is 0 Å². The molecule has 0 saturated carbocycles. The fourth-order valence-corrected chi connectivity index (χ4v) is 3.94. The zero-order valence-corrected chi connectivity index (χ0v) is 14.3. The molecule has 1 aromatic carbocycles. The van der Waals surface area contributed by atoms with Crippen molar-refractivity contribution in [2.45, 2.75) is 18.9 Å². The van der Waals surface area contributed by atoms with Gasteiger partial charge in [-0.3, -0.25) is 14.9 Å². The molecule has 1 amide bonds. The first kappa shape index (κ1) is 17.7. The number of hydrogen-bond donors (Lipinski definition) is 1. The van der Waals surface area contributed by atoms with E-state index in [4.69, 9.17) is 0 Å². The van der Waals surface area contributed by atoms with Gasteiger partial charge in [0.05, 0.1) is 9.80 Å². The first-order chi connectivity index (χ1) is 10.6. The van der Waals surface area contributed by atoms with Gasteiger partial charge in [0.1, 0.15) is 0 Å². The lowest BCUT2D eigenvalue weighted by Gasteiger charge is -2.23. The standard InChI is InChI=1S/C15H17N3O3S.ClH/c1-16-9-12-3-2-6-17(12)15(19)14-8-10-7-11(18(20)21)4-5-13(10)22-14;/h4-5,7-8,12,16H,2-3,6,9H2,1H3;1H. The van der Waals surface area contributed by atoms with Crippen LogP contribution in [0.5, 0.6) is 0 Å². The highest BCUT2D eigenvalue weighted by molar-refractivity contribution is 7.20. The highest BCUT2D eigenvalue weighted by atomic mass is 35.5. The van der Waals surface area contributed by atoms with Crippen LogP contribution in [0.1, 0.15) is 22.5 Å². The molecule has 8 heteroatoms. The lowest BCUT2D eigenvalue weighted by molar-refractivity contribution is -0.384. The minimum absolute atomic E-state index is 0. The number of rotatable bonds is 4. The molecule has 2 aromatic rings. The molecule has 2 heterocycles. The summed E-state index contributed by atoms with van der Waals surface area (Å²) < 4.78 is 0.901. The number of non-ortho nitro benzene ring substituents is 1. The van der Waals surface area contributed by atoms with Gasteiger partial charge in [-0.05, 0) is 32.0 Å². The number of fused-ring (bicyclic) bond motifs is 1. The van der Waals surface area contributed by atoms with Crippen molar-refractivity contribution in [1.29, 1.82) is 0 Å². The Bertz CT molecular complexity index is 734. The Kier molecular flexibility index (Phi) is 5.56. The number of likely N-dealkylation sites (N-methyl/N-ethyl adjacent to an activating group) is 1. The number of hydrogen-bond acceptors (Lipinski definition) is 5. The van der Waals surface area contributed by atoms with E-state index in [0.29, 0.717) is 4.88 Å². The third-order valence-corrected chi connectivity index (χ3v) is 5.10. The summed E-state index contributed by atoms with van der Waals surface area (Å²) in [6, 6.07) is 6.72. The Morgan fingerprint density at radius 1 is 1.48 bits per heavy atom. The lowest BCUT2D eigenvalue weighted by atomic mass is 10.2. The monoisotopic (exact) mass is 355 g/mol. The molecule has 1 atom stereocenters. The number of halogens is 1. The fraction of sp³-hybridized carbons (Fsp3) is 0.400. The number of carbonyl (C=O) groups excluding carboxylic acids is 1. The van der Waals surface area contributed by atoms with Crippen LogP contribution in [0.25, 0.3) is 10.1 Å². The molecule has 1 N–H and O–H groups in total. The summed E-state index contributed by atoms with van der Waals surface area (Å²) in [5.74, 6) is 0.0293. The zero-order chi connectivity index (χ0) is 15.7. The van der Waals surface area contributed by atoms with Crippen molar-refractivity contribution in [1.82, 2.24) is 10.2 Å². The minimum atomic E-state index is -0.415. The Hall–Kier alpha value is -1.70. The van der Waals surface area contributed by atoms with Crippen LogP contribution >= 0.6 is 23.7 Å². The molecule has 0 radical (unpaired) electrons. The Balaban J connectivity index is 0.00000192. The van der Waals surface area contributed by atoms with Crippen LogP contribution in [0.3, 0.4) is 0 Å². The summed E-state index contributed by atoms with van der Waals surface area (Å²) in [7, 11) is 1.89. The number of nitro groups is 1. The topological polar surface area (TPSA) is 75.5 Å². The van der Waals surface area contributed by atoms with Gasteiger partial charge < -0.3 is 10.2 Å². The average molecular weight is 356 g/mol. The maximum atomic E-state index is 12.7. The number of nitrogens with one attached hydrogen (secondary N) is 1. The van der Waals surface area contributed by atoms with Crippen molar-refractivity contribution in [3.8, 4) is 0 Å². The maximum absolute atomic E-state index is 12.7. The predicted molar refractivity (Wildman–Crippen MR) is 93.7 cm³/mol. The van der Waals surface area contributed by atoms with Gasteiger partial charge in [-0.15, -0.1) is 23.7 Å². The van der Waals surface area contributed by atoms with E-state index in [9.17, 15) is 14.9 Å². The SMILES string of the molecule is CNCC1CCCN1C(=O)c1cc2cc([N+](=O)[O-])ccc2s1.Cl. The molecule has 0 bridgehead atoms. The van der Waals surface area contributed by atoms with E-state index in [1.807, 2.05) is 11.9 Å². The molecule has 1 saturated heterocycles. The molecule has 1 aromatic heterocycles. The molecule has 23 heavy (non-hydrogen) atoms. The van der Waals surface area contributed by atoms with Crippen LogP contribution < -0.4 is 5.32 Å². The molecule has 0 spiro atoms. The molecule has 1 aliphatic rings. The van der Waals surface area contributed by atoms with Crippen molar-refractivity contribution in [2.24, 2.45) is 0 Å².